The van der Waals surface area contributed by atoms with Gasteiger partial charge in [-0.05, 0) is 18.9 Å². The molecule has 0 amide bonds. The van der Waals surface area contributed by atoms with Crippen LogP contribution in [0.2, 0.25) is 0 Å². The van der Waals surface area contributed by atoms with Gasteiger partial charge in [-0.2, -0.15) is 5.10 Å². The molecule has 1 saturated heterocycles. The van der Waals surface area contributed by atoms with Crippen molar-refractivity contribution in [1.82, 2.24) is 9.78 Å². The Morgan fingerprint density at radius 2 is 2.29 bits per heavy atom. The number of sulfone groups is 1. The van der Waals surface area contributed by atoms with Crippen molar-refractivity contribution in [2.24, 2.45) is 7.05 Å². The summed E-state index contributed by atoms with van der Waals surface area (Å²) in [6.07, 6.45) is 1.39. The van der Waals surface area contributed by atoms with Gasteiger partial charge in [-0.15, -0.1) is 0 Å². The van der Waals surface area contributed by atoms with E-state index in [1.807, 2.05) is 0 Å². The van der Waals surface area contributed by atoms with Crippen LogP contribution in [0.25, 0.3) is 0 Å². The van der Waals surface area contributed by atoms with Gasteiger partial charge in [0.25, 0.3) is 0 Å². The van der Waals surface area contributed by atoms with Crippen molar-refractivity contribution in [2.75, 3.05) is 11.5 Å². The van der Waals surface area contributed by atoms with Crippen LogP contribution in [0.5, 0.6) is 0 Å². The van der Waals surface area contributed by atoms with Gasteiger partial charge in [-0.25, -0.2) is 13.2 Å². The van der Waals surface area contributed by atoms with Crippen molar-refractivity contribution in [1.29, 1.82) is 0 Å². The number of nitrogens with zero attached hydrogens (tertiary/aromatic N) is 2. The molecular weight excluding hydrogens is 244 g/mol. The summed E-state index contributed by atoms with van der Waals surface area (Å²) in [6.45, 7) is 0. The molecule has 0 radical (unpaired) electrons. The Labute approximate surface area is 99.2 Å². The van der Waals surface area contributed by atoms with Crippen LogP contribution in [0.3, 0.4) is 0 Å². The summed E-state index contributed by atoms with van der Waals surface area (Å²) in [4.78, 5) is 10.8. The quantitative estimate of drug-likeness (QED) is 0.830. The molecule has 0 saturated carbocycles. The van der Waals surface area contributed by atoms with E-state index in [0.29, 0.717) is 12.1 Å². The molecule has 0 aromatic carbocycles. The lowest BCUT2D eigenvalue weighted by atomic mass is 10.0. The van der Waals surface area contributed by atoms with Gasteiger partial charge in [0.05, 0.1) is 11.5 Å². The van der Waals surface area contributed by atoms with Crippen molar-refractivity contribution >= 4 is 15.8 Å². The van der Waals surface area contributed by atoms with E-state index < -0.39 is 15.8 Å². The molecule has 1 unspecified atom stereocenters. The first-order valence-corrected chi connectivity index (χ1v) is 7.19. The molecule has 2 rings (SSSR count). The van der Waals surface area contributed by atoms with Crippen molar-refractivity contribution in [3.8, 4) is 0 Å². The molecule has 1 aromatic heterocycles. The molecule has 17 heavy (non-hydrogen) atoms. The minimum Gasteiger partial charge on any atom is -0.476 e. The third-order valence-corrected chi connectivity index (χ3v) is 4.84. The lowest BCUT2D eigenvalue weighted by Crippen LogP contribution is -2.25. The zero-order valence-electron chi connectivity index (χ0n) is 9.46. The zero-order valence-corrected chi connectivity index (χ0v) is 10.3. The van der Waals surface area contributed by atoms with E-state index in [4.69, 9.17) is 5.11 Å². The Hall–Kier alpha value is -1.37. The number of hydrogen-bond acceptors (Lipinski definition) is 4. The van der Waals surface area contributed by atoms with Crippen LogP contribution in [-0.2, 0) is 16.9 Å². The Morgan fingerprint density at radius 1 is 1.59 bits per heavy atom. The van der Waals surface area contributed by atoms with Gasteiger partial charge in [-0.1, -0.05) is 0 Å². The molecule has 0 bridgehead atoms. The summed E-state index contributed by atoms with van der Waals surface area (Å²) in [5.74, 6) is -0.913. The Morgan fingerprint density at radius 3 is 2.82 bits per heavy atom. The highest BCUT2D eigenvalue weighted by molar-refractivity contribution is 7.91. The van der Waals surface area contributed by atoms with E-state index in [2.05, 4.69) is 5.10 Å². The molecule has 2 heterocycles. The minimum atomic E-state index is -3.00. The molecule has 94 valence electrons. The van der Waals surface area contributed by atoms with E-state index in [1.165, 1.54) is 10.7 Å². The third kappa shape index (κ3) is 2.49. The molecule has 0 aliphatic carbocycles. The monoisotopic (exact) mass is 258 g/mol. The molecule has 1 atom stereocenters. The van der Waals surface area contributed by atoms with Crippen molar-refractivity contribution < 1.29 is 18.3 Å². The summed E-state index contributed by atoms with van der Waals surface area (Å²) < 4.78 is 24.5. The fourth-order valence-corrected chi connectivity index (χ4v) is 3.95. The first-order valence-electron chi connectivity index (χ1n) is 5.37. The highest BCUT2D eigenvalue weighted by atomic mass is 32.2. The maximum absolute atomic E-state index is 11.5. The van der Waals surface area contributed by atoms with E-state index in [9.17, 15) is 13.2 Å². The maximum Gasteiger partial charge on any atom is 0.356 e. The number of carbonyl (C=O) groups is 1. The number of rotatable bonds is 2. The summed E-state index contributed by atoms with van der Waals surface area (Å²) in [5.41, 5.74) is 0.649. The molecule has 1 aromatic rings. The number of carboxylic acid groups (broad SMARTS) is 1. The highest BCUT2D eigenvalue weighted by Crippen LogP contribution is 2.28. The predicted molar refractivity (Wildman–Crippen MR) is 60.8 cm³/mol. The van der Waals surface area contributed by atoms with E-state index >= 15 is 0 Å². The van der Waals surface area contributed by atoms with Crippen LogP contribution >= 0.6 is 0 Å². The minimum absolute atomic E-state index is 0.0366. The molecule has 1 N–H and O–H groups in total. The SMILES string of the molecule is Cn1nc(C(=O)O)cc1C1CCCS(=O)(=O)C1. The normalized spacial score (nSPS) is 23.5. The number of aromatic nitrogens is 2. The van der Waals surface area contributed by atoms with Crippen LogP contribution in [0.15, 0.2) is 6.07 Å². The van der Waals surface area contributed by atoms with Crippen LogP contribution in [-0.4, -0.2) is 40.8 Å². The molecule has 1 fully saturated rings. The van der Waals surface area contributed by atoms with Crippen molar-refractivity contribution in [2.45, 2.75) is 18.8 Å². The molecule has 7 heteroatoms. The van der Waals surface area contributed by atoms with Gasteiger partial charge >= 0.3 is 5.97 Å². The first-order chi connectivity index (χ1) is 7.89. The van der Waals surface area contributed by atoms with Gasteiger partial charge in [0, 0.05) is 18.7 Å². The Bertz CT molecular complexity index is 547. The van der Waals surface area contributed by atoms with Gasteiger partial charge in [-0.3, -0.25) is 4.68 Å². The average Bonchev–Trinajstić information content (AvgIpc) is 2.59. The smallest absolute Gasteiger partial charge is 0.356 e. The van der Waals surface area contributed by atoms with E-state index in [-0.39, 0.29) is 23.1 Å². The molecule has 1 aliphatic rings. The molecule has 6 nitrogen and oxygen atoms in total. The van der Waals surface area contributed by atoms with E-state index in [1.54, 1.807) is 7.05 Å². The van der Waals surface area contributed by atoms with Crippen LogP contribution in [0.1, 0.15) is 34.9 Å². The van der Waals surface area contributed by atoms with Crippen LogP contribution in [0.4, 0.5) is 0 Å². The fraction of sp³-hybridized carbons (Fsp3) is 0.600. The number of aromatic carboxylic acids is 1. The second kappa shape index (κ2) is 4.14. The van der Waals surface area contributed by atoms with E-state index in [0.717, 1.165) is 6.42 Å². The summed E-state index contributed by atoms with van der Waals surface area (Å²) in [6, 6.07) is 1.47. The summed E-state index contributed by atoms with van der Waals surface area (Å²) >= 11 is 0. The van der Waals surface area contributed by atoms with Gasteiger partial charge in [0.15, 0.2) is 15.5 Å². The lowest BCUT2D eigenvalue weighted by molar-refractivity contribution is 0.0689. The highest BCUT2D eigenvalue weighted by Gasteiger charge is 2.28. The topological polar surface area (TPSA) is 89.3 Å². The van der Waals surface area contributed by atoms with Gasteiger partial charge in [0.2, 0.25) is 0 Å². The number of aryl methyl sites for hydroxylation is 1. The van der Waals surface area contributed by atoms with Gasteiger partial charge < -0.3 is 5.11 Å². The summed E-state index contributed by atoms with van der Waals surface area (Å²) in [7, 11) is -1.35. The standard InChI is InChI=1S/C10H14N2O4S/c1-12-9(5-8(11-12)10(13)14)7-3-2-4-17(15,16)6-7/h5,7H,2-4,6H2,1H3,(H,13,14). The lowest BCUT2D eigenvalue weighted by Gasteiger charge is -2.21. The van der Waals surface area contributed by atoms with Crippen molar-refractivity contribution in [3.63, 3.8) is 0 Å². The average molecular weight is 258 g/mol. The molecule has 1 aliphatic heterocycles. The second-order valence-electron chi connectivity index (χ2n) is 4.34. The summed E-state index contributed by atoms with van der Waals surface area (Å²) in [5, 5.41) is 12.7. The van der Waals surface area contributed by atoms with Crippen LogP contribution in [0, 0.1) is 0 Å². The Kier molecular flexibility index (Phi) is 2.94. The fourth-order valence-electron chi connectivity index (χ4n) is 2.22. The predicted octanol–water partition coefficient (Wildman–Crippen LogP) is 0.411. The van der Waals surface area contributed by atoms with Crippen LogP contribution < -0.4 is 0 Å². The molecular formula is C10H14N2O4S. The first kappa shape index (κ1) is 12.1. The van der Waals surface area contributed by atoms with Crippen molar-refractivity contribution in [3.05, 3.63) is 17.5 Å². The zero-order chi connectivity index (χ0) is 12.6. The largest absolute Gasteiger partial charge is 0.476 e. The number of hydrogen-bond donors (Lipinski definition) is 1. The second-order valence-corrected chi connectivity index (χ2v) is 6.57. The third-order valence-electron chi connectivity index (χ3n) is 3.02. The number of carboxylic acids is 1. The maximum atomic E-state index is 11.5. The molecule has 0 spiro atoms. The van der Waals surface area contributed by atoms with Gasteiger partial charge in [0.1, 0.15) is 0 Å². The Balaban J connectivity index is 2.31.